The Morgan fingerprint density at radius 2 is 1.31 bits per heavy atom. The van der Waals surface area contributed by atoms with Crippen molar-refractivity contribution in [1.29, 1.82) is 0 Å². The van der Waals surface area contributed by atoms with Gasteiger partial charge >= 0.3 is 0 Å². The molecule has 3 aromatic heterocycles. The van der Waals surface area contributed by atoms with Crippen LogP contribution in [0.4, 0.5) is 0 Å². The summed E-state index contributed by atoms with van der Waals surface area (Å²) < 4.78 is 12.0. The van der Waals surface area contributed by atoms with E-state index in [0.717, 1.165) is 49.9 Å². The van der Waals surface area contributed by atoms with Crippen LogP contribution in [0.3, 0.4) is 0 Å². The minimum atomic E-state index is -0.135. The standard InChI is InChI=1S/C50H48N3O/c1-29(2)36-25-33(32-17-11-10-12-18-32)26-37(30(3)4)46(36)53-43-22-16-15-21-42(43)52(9)49(53)45-31(5)23-24-35-39-27-40-38(28-44(39)54-47(35)45)34-19-13-14-20-41(34)51-48(40)50(6,7)8/h10-30H,1-9H3/q+1. The highest BCUT2D eigenvalue weighted by atomic mass is 16.3. The van der Waals surface area contributed by atoms with Crippen LogP contribution in [0.5, 0.6) is 0 Å². The molecule has 4 heteroatoms. The molecule has 0 amide bonds. The molecule has 6 aromatic carbocycles. The van der Waals surface area contributed by atoms with Crippen LogP contribution in [-0.2, 0) is 12.5 Å². The summed E-state index contributed by atoms with van der Waals surface area (Å²) in [6, 6.07) is 42.1. The Morgan fingerprint density at radius 3 is 2.02 bits per heavy atom. The summed E-state index contributed by atoms with van der Waals surface area (Å²) in [5.41, 5.74) is 14.8. The summed E-state index contributed by atoms with van der Waals surface area (Å²) in [5.74, 6) is 1.69. The Kier molecular flexibility index (Phi) is 7.83. The first-order valence-electron chi connectivity index (χ1n) is 19.3. The van der Waals surface area contributed by atoms with Crippen molar-refractivity contribution in [3.8, 4) is 28.2 Å². The van der Waals surface area contributed by atoms with Gasteiger partial charge in [-0.05, 0) is 83.3 Å². The molecule has 0 N–H and O–H groups in total. The van der Waals surface area contributed by atoms with Gasteiger partial charge in [-0.3, -0.25) is 4.98 Å². The number of para-hydroxylation sites is 3. The SMILES string of the molecule is Cc1ccc2c(oc3cc4c(cc32)c(C(C)(C)C)nc2ccccc24)c1-c1n(-c2c(C(C)C)cc(-c3ccccc3)cc2C(C)C)c2ccccc2[n+]1C. The molecular formula is C50H48N3O+. The van der Waals surface area contributed by atoms with Crippen molar-refractivity contribution in [2.24, 2.45) is 7.05 Å². The molecule has 0 unspecified atom stereocenters. The molecule has 268 valence electrons. The summed E-state index contributed by atoms with van der Waals surface area (Å²) in [6.45, 7) is 18.3. The fourth-order valence-electron chi connectivity index (χ4n) is 8.67. The van der Waals surface area contributed by atoms with Gasteiger partial charge in [0.05, 0.1) is 18.3 Å². The number of fused-ring (bicyclic) bond motifs is 7. The Labute approximate surface area is 317 Å². The summed E-state index contributed by atoms with van der Waals surface area (Å²) in [7, 11) is 2.21. The molecular weight excluding hydrogens is 659 g/mol. The predicted molar refractivity (Wildman–Crippen MR) is 227 cm³/mol. The fourth-order valence-corrected chi connectivity index (χ4v) is 8.67. The zero-order valence-corrected chi connectivity index (χ0v) is 32.9. The topological polar surface area (TPSA) is 34.8 Å². The van der Waals surface area contributed by atoms with Gasteiger partial charge in [0.25, 0.3) is 5.82 Å². The van der Waals surface area contributed by atoms with Gasteiger partial charge in [0.1, 0.15) is 16.8 Å². The summed E-state index contributed by atoms with van der Waals surface area (Å²) in [5, 5.41) is 5.73. The largest absolute Gasteiger partial charge is 0.455 e. The smallest absolute Gasteiger partial charge is 0.299 e. The number of benzene rings is 6. The van der Waals surface area contributed by atoms with E-state index in [-0.39, 0.29) is 17.3 Å². The molecule has 0 saturated carbocycles. The number of pyridine rings is 1. The number of hydrogen-bond donors (Lipinski definition) is 0. The van der Waals surface area contributed by atoms with Gasteiger partial charge in [-0.2, -0.15) is 4.57 Å². The van der Waals surface area contributed by atoms with Gasteiger partial charge in [0, 0.05) is 38.1 Å². The highest BCUT2D eigenvalue weighted by molar-refractivity contribution is 6.17. The molecule has 3 heterocycles. The van der Waals surface area contributed by atoms with Gasteiger partial charge in [-0.1, -0.05) is 121 Å². The van der Waals surface area contributed by atoms with E-state index in [2.05, 4.69) is 187 Å². The van der Waals surface area contributed by atoms with E-state index in [4.69, 9.17) is 9.40 Å². The predicted octanol–water partition coefficient (Wildman–Crippen LogP) is 13.2. The summed E-state index contributed by atoms with van der Waals surface area (Å²) in [6.07, 6.45) is 0. The highest BCUT2D eigenvalue weighted by Crippen LogP contribution is 2.45. The second kappa shape index (κ2) is 12.4. The molecule has 9 rings (SSSR count). The van der Waals surface area contributed by atoms with Crippen LogP contribution in [-0.4, -0.2) is 9.55 Å². The van der Waals surface area contributed by atoms with Gasteiger partial charge in [0.2, 0.25) is 0 Å². The number of imidazole rings is 1. The normalized spacial score (nSPS) is 12.5. The maximum Gasteiger partial charge on any atom is 0.299 e. The molecule has 0 aliphatic rings. The Bertz CT molecular complexity index is 2910. The lowest BCUT2D eigenvalue weighted by Crippen LogP contribution is -2.30. The molecule has 0 bridgehead atoms. The molecule has 0 atom stereocenters. The van der Waals surface area contributed by atoms with E-state index in [9.17, 15) is 0 Å². The molecule has 54 heavy (non-hydrogen) atoms. The second-order valence-electron chi connectivity index (χ2n) is 16.7. The first-order chi connectivity index (χ1) is 25.9. The van der Waals surface area contributed by atoms with Crippen LogP contribution in [0.15, 0.2) is 120 Å². The number of aryl methyl sites for hydroxylation is 2. The van der Waals surface area contributed by atoms with Gasteiger partial charge in [-0.15, -0.1) is 0 Å². The first kappa shape index (κ1) is 34.1. The third-order valence-electron chi connectivity index (χ3n) is 11.4. The second-order valence-corrected chi connectivity index (χ2v) is 16.7. The number of furan rings is 1. The number of nitrogens with zero attached hydrogens (tertiary/aromatic N) is 3. The quantitative estimate of drug-likeness (QED) is 0.132. The van der Waals surface area contributed by atoms with E-state index in [0.29, 0.717) is 0 Å². The third-order valence-corrected chi connectivity index (χ3v) is 11.4. The van der Waals surface area contributed by atoms with E-state index in [1.807, 2.05) is 0 Å². The van der Waals surface area contributed by atoms with Crippen molar-refractivity contribution in [2.75, 3.05) is 0 Å². The Balaban J connectivity index is 1.41. The van der Waals surface area contributed by atoms with E-state index in [1.165, 1.54) is 55.3 Å². The number of aromatic nitrogens is 3. The Hall–Kier alpha value is -5.74. The lowest BCUT2D eigenvalue weighted by atomic mass is 9.86. The number of rotatable bonds is 5. The van der Waals surface area contributed by atoms with Crippen LogP contribution in [0.2, 0.25) is 0 Å². The molecule has 0 spiro atoms. The minimum absolute atomic E-state index is 0.135. The Morgan fingerprint density at radius 1 is 0.648 bits per heavy atom. The average Bonchev–Trinajstić information content (AvgIpc) is 3.66. The van der Waals surface area contributed by atoms with E-state index in [1.54, 1.807) is 0 Å². The zero-order chi connectivity index (χ0) is 37.6. The van der Waals surface area contributed by atoms with Crippen LogP contribution in [0, 0.1) is 6.92 Å². The molecule has 0 saturated heterocycles. The van der Waals surface area contributed by atoms with Crippen molar-refractivity contribution in [3.63, 3.8) is 0 Å². The first-order valence-corrected chi connectivity index (χ1v) is 19.3. The lowest BCUT2D eigenvalue weighted by molar-refractivity contribution is -0.633. The van der Waals surface area contributed by atoms with E-state index < -0.39 is 0 Å². The zero-order valence-electron chi connectivity index (χ0n) is 32.9. The average molecular weight is 707 g/mol. The highest BCUT2D eigenvalue weighted by Gasteiger charge is 2.34. The van der Waals surface area contributed by atoms with E-state index >= 15 is 0 Å². The lowest BCUT2D eigenvalue weighted by Gasteiger charge is -2.21. The third kappa shape index (κ3) is 5.18. The molecule has 0 aliphatic carbocycles. The van der Waals surface area contributed by atoms with Crippen molar-refractivity contribution in [3.05, 3.63) is 138 Å². The minimum Gasteiger partial charge on any atom is -0.455 e. The number of hydrogen-bond acceptors (Lipinski definition) is 2. The van der Waals surface area contributed by atoms with Crippen LogP contribution >= 0.6 is 0 Å². The van der Waals surface area contributed by atoms with Crippen LogP contribution in [0.1, 0.15) is 82.7 Å². The maximum absolute atomic E-state index is 7.13. The van der Waals surface area contributed by atoms with Crippen LogP contribution < -0.4 is 4.57 Å². The molecule has 0 fully saturated rings. The summed E-state index contributed by atoms with van der Waals surface area (Å²) >= 11 is 0. The van der Waals surface area contributed by atoms with Crippen LogP contribution in [0.25, 0.3) is 82.8 Å². The van der Waals surface area contributed by atoms with Crippen molar-refractivity contribution < 1.29 is 8.98 Å². The molecule has 4 nitrogen and oxygen atoms in total. The van der Waals surface area contributed by atoms with Crippen molar-refractivity contribution in [2.45, 2.75) is 72.6 Å². The molecule has 0 aliphatic heterocycles. The van der Waals surface area contributed by atoms with Gasteiger partial charge in [-0.25, -0.2) is 4.57 Å². The van der Waals surface area contributed by atoms with Crippen molar-refractivity contribution in [1.82, 2.24) is 9.55 Å². The maximum atomic E-state index is 7.13. The van der Waals surface area contributed by atoms with Crippen molar-refractivity contribution >= 4 is 54.6 Å². The molecule has 9 aromatic rings. The fraction of sp³-hybridized carbons (Fsp3) is 0.240. The monoisotopic (exact) mass is 706 g/mol. The van der Waals surface area contributed by atoms with Gasteiger partial charge < -0.3 is 4.42 Å². The van der Waals surface area contributed by atoms with Gasteiger partial charge in [0.15, 0.2) is 16.6 Å². The molecule has 0 radical (unpaired) electrons. The summed E-state index contributed by atoms with van der Waals surface area (Å²) in [4.78, 5) is 5.24.